The number of nitrogens with two attached hydrogens (primary N) is 1. The van der Waals surface area contributed by atoms with Crippen molar-refractivity contribution in [3.8, 4) is 0 Å². The minimum Gasteiger partial charge on any atom is -0.397 e. The Balaban J connectivity index is 1.75. The summed E-state index contributed by atoms with van der Waals surface area (Å²) in [7, 11) is 0. The zero-order valence-electron chi connectivity index (χ0n) is 10.8. The van der Waals surface area contributed by atoms with E-state index < -0.39 is 0 Å². The molecule has 0 unspecified atom stereocenters. The summed E-state index contributed by atoms with van der Waals surface area (Å²) in [5.41, 5.74) is 9.42. The third kappa shape index (κ3) is 2.51. The molecule has 1 heterocycles. The smallest absolute Gasteiger partial charge is 0.228 e. The number of hydrogen-bond donors (Lipinski definition) is 4. The molecule has 19 heavy (non-hydrogen) atoms. The summed E-state index contributed by atoms with van der Waals surface area (Å²) in [6.45, 7) is 0. The van der Waals surface area contributed by atoms with E-state index in [9.17, 15) is 9.90 Å². The lowest BCUT2D eigenvalue weighted by Gasteiger charge is -2.27. The first-order valence-electron chi connectivity index (χ1n) is 6.78. The van der Waals surface area contributed by atoms with Gasteiger partial charge in [-0.25, -0.2) is 0 Å². The average Bonchev–Trinajstić information content (AvgIpc) is 2.72. The van der Waals surface area contributed by atoms with E-state index in [2.05, 4.69) is 10.6 Å². The van der Waals surface area contributed by atoms with E-state index in [1.165, 1.54) is 0 Å². The number of aliphatic hydroxyl groups is 1. The maximum absolute atomic E-state index is 11.3. The molecule has 0 aromatic heterocycles. The van der Waals surface area contributed by atoms with Gasteiger partial charge in [-0.3, -0.25) is 4.79 Å². The number of nitrogens with one attached hydrogen (secondary N) is 2. The first-order valence-corrected chi connectivity index (χ1v) is 6.78. The van der Waals surface area contributed by atoms with Gasteiger partial charge < -0.3 is 21.5 Å². The second-order valence-electron chi connectivity index (χ2n) is 5.47. The van der Waals surface area contributed by atoms with Gasteiger partial charge in [-0.05, 0) is 43.4 Å². The van der Waals surface area contributed by atoms with Crippen molar-refractivity contribution in [1.82, 2.24) is 0 Å². The number of hydrogen-bond acceptors (Lipinski definition) is 4. The van der Waals surface area contributed by atoms with Gasteiger partial charge in [0.2, 0.25) is 5.91 Å². The Hall–Kier alpha value is -1.75. The maximum atomic E-state index is 11.3. The van der Waals surface area contributed by atoms with Gasteiger partial charge in [0.1, 0.15) is 0 Å². The Morgan fingerprint density at radius 1 is 1.26 bits per heavy atom. The number of benzene rings is 1. The lowest BCUT2D eigenvalue weighted by molar-refractivity contribution is -0.115. The summed E-state index contributed by atoms with van der Waals surface area (Å²) < 4.78 is 0. The number of rotatable bonds is 2. The molecular formula is C14H19N3O2. The lowest BCUT2D eigenvalue weighted by atomic mass is 9.93. The molecule has 0 atom stereocenters. The number of amides is 1. The molecule has 1 saturated carbocycles. The third-order valence-corrected chi connectivity index (χ3v) is 3.96. The van der Waals surface area contributed by atoms with Gasteiger partial charge in [0.25, 0.3) is 0 Å². The van der Waals surface area contributed by atoms with Crippen molar-refractivity contribution < 1.29 is 9.90 Å². The van der Waals surface area contributed by atoms with Gasteiger partial charge in [0, 0.05) is 11.7 Å². The molecule has 1 aromatic rings. The van der Waals surface area contributed by atoms with Crippen molar-refractivity contribution in [3.05, 3.63) is 17.7 Å². The molecule has 5 nitrogen and oxygen atoms in total. The fraction of sp³-hybridized carbons (Fsp3) is 0.500. The van der Waals surface area contributed by atoms with E-state index in [4.69, 9.17) is 5.73 Å². The molecule has 1 aliphatic carbocycles. The summed E-state index contributed by atoms with van der Waals surface area (Å²) in [5, 5.41) is 15.8. The Bertz CT molecular complexity index is 508. The normalized spacial score (nSPS) is 25.8. The summed E-state index contributed by atoms with van der Waals surface area (Å²) in [6, 6.07) is 4.13. The molecule has 0 bridgehead atoms. The third-order valence-electron chi connectivity index (χ3n) is 3.96. The van der Waals surface area contributed by atoms with Crippen LogP contribution >= 0.6 is 0 Å². The van der Waals surface area contributed by atoms with Gasteiger partial charge in [-0.15, -0.1) is 0 Å². The highest BCUT2D eigenvalue weighted by molar-refractivity contribution is 6.00. The number of carbonyl (C=O) groups is 1. The lowest BCUT2D eigenvalue weighted by Crippen LogP contribution is -2.28. The number of aliphatic hydroxyl groups excluding tert-OH is 1. The summed E-state index contributed by atoms with van der Waals surface area (Å²) >= 11 is 0. The number of carbonyl (C=O) groups excluding carboxylic acids is 1. The van der Waals surface area contributed by atoms with Crippen LogP contribution in [0.5, 0.6) is 0 Å². The quantitative estimate of drug-likeness (QED) is 0.607. The standard InChI is InChI=1S/C14H19N3O2/c15-11-5-8-6-14(19)17-12(8)7-13(11)16-9-1-3-10(18)4-2-9/h5,7,9-10,16,18H,1-4,6,15H2,(H,17,19). The van der Waals surface area contributed by atoms with Crippen LogP contribution in [0, 0.1) is 0 Å². The van der Waals surface area contributed by atoms with E-state index >= 15 is 0 Å². The van der Waals surface area contributed by atoms with E-state index in [0.29, 0.717) is 18.2 Å². The molecular weight excluding hydrogens is 242 g/mol. The minimum absolute atomic E-state index is 0.0207. The summed E-state index contributed by atoms with van der Waals surface area (Å²) in [5.74, 6) is 0.0207. The first kappa shape index (κ1) is 12.3. The highest BCUT2D eigenvalue weighted by Gasteiger charge is 2.22. The number of anilines is 3. The van der Waals surface area contributed by atoms with Crippen molar-refractivity contribution in [2.45, 2.75) is 44.2 Å². The highest BCUT2D eigenvalue weighted by Crippen LogP contribution is 2.33. The van der Waals surface area contributed by atoms with Crippen LogP contribution < -0.4 is 16.4 Å². The molecule has 0 saturated heterocycles. The fourth-order valence-corrected chi connectivity index (χ4v) is 2.86. The largest absolute Gasteiger partial charge is 0.397 e. The number of nitrogen functional groups attached to an aromatic ring is 1. The molecule has 0 radical (unpaired) electrons. The Kier molecular flexibility index (Phi) is 3.06. The number of fused-ring (bicyclic) bond motifs is 1. The van der Waals surface area contributed by atoms with Crippen LogP contribution in [-0.2, 0) is 11.2 Å². The van der Waals surface area contributed by atoms with E-state index in [-0.39, 0.29) is 12.0 Å². The van der Waals surface area contributed by atoms with Crippen LogP contribution in [0.3, 0.4) is 0 Å². The zero-order valence-corrected chi connectivity index (χ0v) is 10.8. The highest BCUT2D eigenvalue weighted by atomic mass is 16.3. The first-order chi connectivity index (χ1) is 9.11. The summed E-state index contributed by atoms with van der Waals surface area (Å²) in [4.78, 5) is 11.3. The molecule has 3 rings (SSSR count). The SMILES string of the molecule is Nc1cc2c(cc1NC1CCC(O)CC1)NC(=O)C2. The molecule has 2 aliphatic rings. The van der Waals surface area contributed by atoms with Crippen molar-refractivity contribution in [2.24, 2.45) is 0 Å². The van der Waals surface area contributed by atoms with Gasteiger partial charge in [0.15, 0.2) is 0 Å². The van der Waals surface area contributed by atoms with Crippen LogP contribution in [0.4, 0.5) is 17.1 Å². The average molecular weight is 261 g/mol. The molecule has 1 aromatic carbocycles. The molecule has 0 spiro atoms. The van der Waals surface area contributed by atoms with Crippen molar-refractivity contribution in [3.63, 3.8) is 0 Å². The van der Waals surface area contributed by atoms with Gasteiger partial charge >= 0.3 is 0 Å². The Morgan fingerprint density at radius 2 is 2.00 bits per heavy atom. The van der Waals surface area contributed by atoms with Crippen LogP contribution in [0.1, 0.15) is 31.2 Å². The van der Waals surface area contributed by atoms with Gasteiger partial charge in [-0.2, -0.15) is 0 Å². The van der Waals surface area contributed by atoms with Crippen molar-refractivity contribution >= 4 is 23.0 Å². The molecule has 102 valence electrons. The topological polar surface area (TPSA) is 87.4 Å². The molecule has 1 amide bonds. The van der Waals surface area contributed by atoms with E-state index in [1.54, 1.807) is 0 Å². The maximum Gasteiger partial charge on any atom is 0.228 e. The fourth-order valence-electron chi connectivity index (χ4n) is 2.86. The Labute approximate surface area is 112 Å². The predicted octanol–water partition coefficient (Wildman–Crippen LogP) is 1.48. The van der Waals surface area contributed by atoms with Gasteiger partial charge in [-0.1, -0.05) is 0 Å². The van der Waals surface area contributed by atoms with Crippen LogP contribution in [0.2, 0.25) is 0 Å². The van der Waals surface area contributed by atoms with Crippen LogP contribution in [0.15, 0.2) is 12.1 Å². The molecule has 1 aliphatic heterocycles. The van der Waals surface area contributed by atoms with Crippen molar-refractivity contribution in [1.29, 1.82) is 0 Å². The van der Waals surface area contributed by atoms with Crippen LogP contribution in [-0.4, -0.2) is 23.2 Å². The monoisotopic (exact) mass is 261 g/mol. The minimum atomic E-state index is -0.158. The molecule has 1 fully saturated rings. The second kappa shape index (κ2) is 4.74. The predicted molar refractivity (Wildman–Crippen MR) is 75.1 cm³/mol. The summed E-state index contributed by atoms with van der Waals surface area (Å²) in [6.07, 6.45) is 3.82. The Morgan fingerprint density at radius 3 is 2.74 bits per heavy atom. The van der Waals surface area contributed by atoms with E-state index in [0.717, 1.165) is 42.6 Å². The van der Waals surface area contributed by atoms with Crippen LogP contribution in [0.25, 0.3) is 0 Å². The van der Waals surface area contributed by atoms with Gasteiger partial charge in [0.05, 0.1) is 23.9 Å². The zero-order chi connectivity index (χ0) is 13.4. The molecule has 5 N–H and O–H groups in total. The van der Waals surface area contributed by atoms with Crippen molar-refractivity contribution in [2.75, 3.05) is 16.4 Å². The second-order valence-corrected chi connectivity index (χ2v) is 5.47. The van der Waals surface area contributed by atoms with E-state index in [1.807, 2.05) is 12.1 Å². The molecule has 5 heteroatoms.